The number of likely N-dealkylation sites (tertiary alicyclic amines) is 1. The maximum Gasteiger partial charge on any atom is 0.266 e. The molecule has 184 valence electrons. The Bertz CT molecular complexity index is 1240. The molecule has 1 aliphatic rings. The van der Waals surface area contributed by atoms with Crippen LogP contribution in [0, 0.1) is 12.8 Å². The normalized spacial score (nSPS) is 18.8. The van der Waals surface area contributed by atoms with Crippen molar-refractivity contribution in [3.05, 3.63) is 71.4 Å². The van der Waals surface area contributed by atoms with E-state index >= 15 is 0 Å². The minimum absolute atomic E-state index is 0.145. The summed E-state index contributed by atoms with van der Waals surface area (Å²) in [5.41, 5.74) is 10.5. The SMILES string of the molecule is Cc1cc(COc2ccccc2[C@]2(N)CCN([C@H](CC(C)C)C(=O)NO)C2=O)c2ccccc2n1. The molecule has 2 heterocycles. The van der Waals surface area contributed by atoms with Gasteiger partial charge in [0.2, 0.25) is 5.91 Å². The number of rotatable bonds is 8. The molecule has 2 amide bonds. The topological polar surface area (TPSA) is 118 Å². The first kappa shape index (κ1) is 24.6. The van der Waals surface area contributed by atoms with Crippen LogP contribution < -0.4 is 16.0 Å². The van der Waals surface area contributed by atoms with Crippen molar-refractivity contribution in [3.63, 3.8) is 0 Å². The van der Waals surface area contributed by atoms with E-state index in [1.165, 1.54) is 4.90 Å². The van der Waals surface area contributed by atoms with Crippen LogP contribution in [0.1, 0.15) is 43.5 Å². The van der Waals surface area contributed by atoms with Gasteiger partial charge in [0.1, 0.15) is 23.9 Å². The van der Waals surface area contributed by atoms with Gasteiger partial charge in [-0.3, -0.25) is 19.8 Å². The molecule has 2 aromatic carbocycles. The molecule has 0 bridgehead atoms. The third-order valence-corrected chi connectivity index (χ3v) is 6.55. The fourth-order valence-electron chi connectivity index (χ4n) is 4.84. The molecule has 3 aromatic rings. The zero-order valence-electron chi connectivity index (χ0n) is 20.3. The third-order valence-electron chi connectivity index (χ3n) is 6.55. The zero-order valence-corrected chi connectivity index (χ0v) is 20.3. The molecule has 35 heavy (non-hydrogen) atoms. The number of carbonyl (C=O) groups excluding carboxylic acids is 2. The lowest BCUT2D eigenvalue weighted by atomic mass is 9.88. The predicted octanol–water partition coefficient (Wildman–Crippen LogP) is 3.43. The molecule has 0 unspecified atom stereocenters. The highest BCUT2D eigenvalue weighted by atomic mass is 16.5. The van der Waals surface area contributed by atoms with Gasteiger partial charge in [0, 0.05) is 28.8 Å². The van der Waals surface area contributed by atoms with E-state index < -0.39 is 17.5 Å². The van der Waals surface area contributed by atoms with Gasteiger partial charge in [-0.15, -0.1) is 0 Å². The fraction of sp³-hybridized carbons (Fsp3) is 0.370. The molecule has 4 N–H and O–H groups in total. The van der Waals surface area contributed by atoms with E-state index in [9.17, 15) is 14.8 Å². The Morgan fingerprint density at radius 2 is 1.94 bits per heavy atom. The summed E-state index contributed by atoms with van der Waals surface area (Å²) in [5, 5.41) is 10.2. The van der Waals surface area contributed by atoms with Crippen molar-refractivity contribution >= 4 is 22.7 Å². The Morgan fingerprint density at radius 1 is 1.23 bits per heavy atom. The number of hydroxylamine groups is 1. The number of pyridine rings is 1. The molecular formula is C27H32N4O4. The first-order valence-corrected chi connectivity index (χ1v) is 11.9. The summed E-state index contributed by atoms with van der Waals surface area (Å²) >= 11 is 0. The average Bonchev–Trinajstić information content (AvgIpc) is 3.15. The summed E-state index contributed by atoms with van der Waals surface area (Å²) in [5.74, 6) is -0.295. The lowest BCUT2D eigenvalue weighted by Crippen LogP contribution is -2.52. The number of aryl methyl sites for hydroxylation is 1. The lowest BCUT2D eigenvalue weighted by molar-refractivity contribution is -0.144. The van der Waals surface area contributed by atoms with Crippen molar-refractivity contribution in [2.75, 3.05) is 6.54 Å². The number of amides is 2. The van der Waals surface area contributed by atoms with Crippen LogP contribution in [0.2, 0.25) is 0 Å². The maximum absolute atomic E-state index is 13.6. The minimum atomic E-state index is -1.34. The van der Waals surface area contributed by atoms with Crippen LogP contribution >= 0.6 is 0 Å². The quantitative estimate of drug-likeness (QED) is 0.339. The van der Waals surface area contributed by atoms with E-state index in [0.717, 1.165) is 22.2 Å². The smallest absolute Gasteiger partial charge is 0.266 e. The standard InChI is InChI=1S/C27H32N4O4/c1-17(2)14-23(25(32)30-34)31-13-12-27(28,26(31)33)21-9-5-7-11-24(21)35-16-19-15-18(3)29-22-10-6-4-8-20(19)22/h4-11,15,17,23,34H,12-14,16,28H2,1-3H3,(H,30,32)/t23-,27-/m1/s1. The van der Waals surface area contributed by atoms with Gasteiger partial charge in [-0.05, 0) is 43.9 Å². The van der Waals surface area contributed by atoms with Crippen LogP contribution in [0.4, 0.5) is 0 Å². The van der Waals surface area contributed by atoms with Crippen LogP contribution in [0.25, 0.3) is 10.9 Å². The highest BCUT2D eigenvalue weighted by Crippen LogP contribution is 2.38. The summed E-state index contributed by atoms with van der Waals surface area (Å²) in [6, 6.07) is 16.4. The first-order valence-electron chi connectivity index (χ1n) is 11.9. The van der Waals surface area contributed by atoms with E-state index in [1.54, 1.807) is 11.5 Å². The number of hydrogen-bond donors (Lipinski definition) is 3. The van der Waals surface area contributed by atoms with Crippen molar-refractivity contribution in [3.8, 4) is 5.75 Å². The zero-order chi connectivity index (χ0) is 25.2. The molecule has 0 saturated carbocycles. The number of nitrogens with zero attached hydrogens (tertiary/aromatic N) is 2. The van der Waals surface area contributed by atoms with E-state index in [-0.39, 0.29) is 18.4 Å². The van der Waals surface area contributed by atoms with Crippen LogP contribution in [0.3, 0.4) is 0 Å². The van der Waals surface area contributed by atoms with Crippen molar-refractivity contribution in [2.24, 2.45) is 11.7 Å². The number of ether oxygens (including phenoxy) is 1. The van der Waals surface area contributed by atoms with Gasteiger partial charge in [-0.1, -0.05) is 50.2 Å². The number of hydrogen-bond acceptors (Lipinski definition) is 6. The summed E-state index contributed by atoms with van der Waals surface area (Å²) in [6.45, 7) is 6.46. The summed E-state index contributed by atoms with van der Waals surface area (Å²) in [4.78, 5) is 32.0. The number of nitrogens with one attached hydrogen (secondary N) is 1. The fourth-order valence-corrected chi connectivity index (χ4v) is 4.84. The minimum Gasteiger partial charge on any atom is -0.489 e. The van der Waals surface area contributed by atoms with E-state index in [2.05, 4.69) is 4.98 Å². The molecule has 0 radical (unpaired) electrons. The van der Waals surface area contributed by atoms with Crippen molar-refractivity contribution < 1.29 is 19.5 Å². The lowest BCUT2D eigenvalue weighted by Gasteiger charge is -2.30. The Hall–Kier alpha value is -3.49. The molecule has 4 rings (SSSR count). The third kappa shape index (κ3) is 4.85. The maximum atomic E-state index is 13.6. The second kappa shape index (κ2) is 10.0. The summed E-state index contributed by atoms with van der Waals surface area (Å²) in [6.07, 6.45) is 0.748. The van der Waals surface area contributed by atoms with E-state index in [0.29, 0.717) is 30.7 Å². The molecule has 0 spiro atoms. The molecule has 0 aliphatic carbocycles. The van der Waals surface area contributed by atoms with Crippen molar-refractivity contribution in [1.82, 2.24) is 15.4 Å². The van der Waals surface area contributed by atoms with Gasteiger partial charge in [-0.2, -0.15) is 0 Å². The highest BCUT2D eigenvalue weighted by Gasteiger charge is 2.49. The number of carbonyl (C=O) groups is 2. The van der Waals surface area contributed by atoms with Crippen LogP contribution in [-0.4, -0.2) is 39.5 Å². The number of aromatic nitrogens is 1. The predicted molar refractivity (Wildman–Crippen MR) is 133 cm³/mol. The monoisotopic (exact) mass is 476 g/mol. The second-order valence-corrected chi connectivity index (χ2v) is 9.57. The molecular weight excluding hydrogens is 444 g/mol. The number of para-hydroxylation sites is 2. The molecule has 1 aromatic heterocycles. The molecule has 8 nitrogen and oxygen atoms in total. The number of nitrogens with two attached hydrogens (primary N) is 1. The highest BCUT2D eigenvalue weighted by molar-refractivity contribution is 5.94. The van der Waals surface area contributed by atoms with Gasteiger partial charge >= 0.3 is 0 Å². The first-order chi connectivity index (χ1) is 16.7. The van der Waals surface area contributed by atoms with Gasteiger partial charge in [-0.25, -0.2) is 5.48 Å². The van der Waals surface area contributed by atoms with E-state index in [1.807, 2.05) is 69.3 Å². The van der Waals surface area contributed by atoms with Crippen LogP contribution in [0.5, 0.6) is 5.75 Å². The van der Waals surface area contributed by atoms with Gasteiger partial charge in [0.15, 0.2) is 0 Å². The van der Waals surface area contributed by atoms with Crippen molar-refractivity contribution in [2.45, 2.75) is 51.8 Å². The Labute approximate surface area is 205 Å². The number of fused-ring (bicyclic) bond motifs is 1. The number of benzene rings is 2. The van der Waals surface area contributed by atoms with Crippen LogP contribution in [0.15, 0.2) is 54.6 Å². The van der Waals surface area contributed by atoms with E-state index in [4.69, 9.17) is 10.5 Å². The Balaban J connectivity index is 1.62. The molecule has 1 saturated heterocycles. The van der Waals surface area contributed by atoms with Gasteiger partial charge < -0.3 is 15.4 Å². The van der Waals surface area contributed by atoms with Gasteiger partial charge in [0.25, 0.3) is 5.91 Å². The van der Waals surface area contributed by atoms with Gasteiger partial charge in [0.05, 0.1) is 5.52 Å². The summed E-state index contributed by atoms with van der Waals surface area (Å²) < 4.78 is 6.24. The Morgan fingerprint density at radius 3 is 2.69 bits per heavy atom. The van der Waals surface area contributed by atoms with Crippen LogP contribution in [-0.2, 0) is 21.7 Å². The average molecular weight is 477 g/mol. The molecule has 2 atom stereocenters. The van der Waals surface area contributed by atoms with Crippen molar-refractivity contribution in [1.29, 1.82) is 0 Å². The Kier molecular flexibility index (Phi) is 7.05. The molecule has 1 fully saturated rings. The molecule has 1 aliphatic heterocycles. The summed E-state index contributed by atoms with van der Waals surface area (Å²) in [7, 11) is 0. The second-order valence-electron chi connectivity index (χ2n) is 9.57. The molecule has 8 heteroatoms. The largest absolute Gasteiger partial charge is 0.489 e.